The number of rotatable bonds is 6. The van der Waals surface area contributed by atoms with Crippen molar-refractivity contribution in [3.05, 3.63) is 194 Å². The SMILES string of the molecule is C#Cc1ccc(N(c2ccc(-c3cccc4cccc(-c5ccccc5)c34)cc2)c2cccc(-n3c4ccccc4c4ccccc43)c2)cc1. The molecule has 0 aliphatic carbocycles. The summed E-state index contributed by atoms with van der Waals surface area (Å²) in [7, 11) is 0. The molecule has 0 aliphatic rings. The van der Waals surface area contributed by atoms with Crippen LogP contribution in [-0.2, 0) is 0 Å². The summed E-state index contributed by atoms with van der Waals surface area (Å²) in [5.74, 6) is 2.77. The van der Waals surface area contributed by atoms with Crippen LogP contribution in [0.2, 0.25) is 0 Å². The fraction of sp³-hybridized carbons (Fsp3) is 0. The second-order valence-corrected chi connectivity index (χ2v) is 12.5. The lowest BCUT2D eigenvalue weighted by molar-refractivity contribution is 1.17. The number of fused-ring (bicyclic) bond motifs is 4. The first-order chi connectivity index (χ1) is 24.8. The van der Waals surface area contributed by atoms with Crippen molar-refractivity contribution in [1.29, 1.82) is 0 Å². The Balaban J connectivity index is 1.18. The number of anilines is 3. The van der Waals surface area contributed by atoms with Crippen LogP contribution in [-0.4, -0.2) is 4.57 Å². The Bertz CT molecular complexity index is 2630. The molecule has 0 amide bonds. The molecule has 0 bridgehead atoms. The maximum absolute atomic E-state index is 5.76. The molecule has 50 heavy (non-hydrogen) atoms. The van der Waals surface area contributed by atoms with E-state index in [1.165, 1.54) is 54.8 Å². The van der Waals surface area contributed by atoms with Gasteiger partial charge in [-0.15, -0.1) is 6.42 Å². The molecule has 0 saturated carbocycles. The number of terminal acetylenes is 1. The molecule has 0 N–H and O–H groups in total. The average Bonchev–Trinajstić information content (AvgIpc) is 3.53. The molecule has 9 aromatic rings. The smallest absolute Gasteiger partial charge is 0.0541 e. The first-order valence-corrected chi connectivity index (χ1v) is 16.9. The molecule has 234 valence electrons. The van der Waals surface area contributed by atoms with Gasteiger partial charge in [0.2, 0.25) is 0 Å². The van der Waals surface area contributed by atoms with Gasteiger partial charge in [-0.05, 0) is 99.8 Å². The Morgan fingerprint density at radius 2 is 0.980 bits per heavy atom. The summed E-state index contributed by atoms with van der Waals surface area (Å²) in [4.78, 5) is 2.31. The van der Waals surface area contributed by atoms with Crippen LogP contribution in [0.5, 0.6) is 0 Å². The van der Waals surface area contributed by atoms with Crippen LogP contribution in [0.25, 0.3) is 60.5 Å². The van der Waals surface area contributed by atoms with Crippen LogP contribution in [0.15, 0.2) is 188 Å². The first-order valence-electron chi connectivity index (χ1n) is 16.9. The lowest BCUT2D eigenvalue weighted by atomic mass is 9.91. The average molecular weight is 637 g/mol. The van der Waals surface area contributed by atoms with Crippen molar-refractivity contribution in [3.8, 4) is 40.3 Å². The molecular weight excluding hydrogens is 605 g/mol. The van der Waals surface area contributed by atoms with E-state index in [1.54, 1.807) is 0 Å². The van der Waals surface area contributed by atoms with Crippen LogP contribution in [0.4, 0.5) is 17.1 Å². The molecule has 2 heteroatoms. The zero-order valence-electron chi connectivity index (χ0n) is 27.4. The summed E-state index contributed by atoms with van der Waals surface area (Å²) < 4.78 is 2.36. The summed E-state index contributed by atoms with van der Waals surface area (Å²) in [6, 6.07) is 67.0. The second kappa shape index (κ2) is 12.3. The van der Waals surface area contributed by atoms with E-state index in [9.17, 15) is 0 Å². The van der Waals surface area contributed by atoms with Gasteiger partial charge in [-0.1, -0.05) is 127 Å². The minimum atomic E-state index is 0.855. The molecule has 0 aliphatic heterocycles. The third-order valence-corrected chi connectivity index (χ3v) is 9.64. The normalized spacial score (nSPS) is 11.2. The van der Waals surface area contributed by atoms with E-state index in [0.717, 1.165) is 28.3 Å². The van der Waals surface area contributed by atoms with Crippen molar-refractivity contribution in [2.24, 2.45) is 0 Å². The maximum atomic E-state index is 5.76. The Morgan fingerprint density at radius 1 is 0.440 bits per heavy atom. The topological polar surface area (TPSA) is 8.17 Å². The highest BCUT2D eigenvalue weighted by molar-refractivity contribution is 6.09. The van der Waals surface area contributed by atoms with E-state index in [1.807, 2.05) is 12.1 Å². The van der Waals surface area contributed by atoms with Crippen molar-refractivity contribution in [3.63, 3.8) is 0 Å². The van der Waals surface area contributed by atoms with Gasteiger partial charge in [0, 0.05) is 39.1 Å². The minimum Gasteiger partial charge on any atom is -0.310 e. The quantitative estimate of drug-likeness (QED) is 0.165. The number of hydrogen-bond donors (Lipinski definition) is 0. The van der Waals surface area contributed by atoms with Gasteiger partial charge in [-0.25, -0.2) is 0 Å². The fourth-order valence-electron chi connectivity index (χ4n) is 7.36. The van der Waals surface area contributed by atoms with Gasteiger partial charge in [-0.2, -0.15) is 0 Å². The monoisotopic (exact) mass is 636 g/mol. The predicted molar refractivity (Wildman–Crippen MR) is 212 cm³/mol. The number of hydrogen-bond acceptors (Lipinski definition) is 1. The zero-order chi connectivity index (χ0) is 33.4. The van der Waals surface area contributed by atoms with Crippen molar-refractivity contribution >= 4 is 49.6 Å². The summed E-state index contributed by atoms with van der Waals surface area (Å²) in [6.07, 6.45) is 5.76. The third kappa shape index (κ3) is 5.01. The molecule has 9 rings (SSSR count). The van der Waals surface area contributed by atoms with Crippen LogP contribution in [0, 0.1) is 12.3 Å². The van der Waals surface area contributed by atoms with Gasteiger partial charge < -0.3 is 9.47 Å². The van der Waals surface area contributed by atoms with E-state index in [-0.39, 0.29) is 0 Å². The lowest BCUT2D eigenvalue weighted by Crippen LogP contribution is -2.10. The molecule has 0 fully saturated rings. The van der Waals surface area contributed by atoms with Crippen LogP contribution >= 0.6 is 0 Å². The van der Waals surface area contributed by atoms with E-state index < -0.39 is 0 Å². The Kier molecular flexibility index (Phi) is 7.23. The zero-order valence-corrected chi connectivity index (χ0v) is 27.4. The molecule has 0 atom stereocenters. The largest absolute Gasteiger partial charge is 0.310 e. The van der Waals surface area contributed by atoms with Gasteiger partial charge in [0.25, 0.3) is 0 Å². The molecule has 8 aromatic carbocycles. The number of benzene rings is 8. The Hall–Kier alpha value is -6.82. The van der Waals surface area contributed by atoms with Gasteiger partial charge in [0.1, 0.15) is 0 Å². The molecule has 2 nitrogen and oxygen atoms in total. The fourth-order valence-corrected chi connectivity index (χ4v) is 7.36. The minimum absolute atomic E-state index is 0.855. The lowest BCUT2D eigenvalue weighted by Gasteiger charge is -2.26. The Morgan fingerprint density at radius 3 is 1.60 bits per heavy atom. The van der Waals surface area contributed by atoms with Gasteiger partial charge in [-0.3, -0.25) is 0 Å². The van der Waals surface area contributed by atoms with Crippen LogP contribution in [0.1, 0.15) is 5.56 Å². The van der Waals surface area contributed by atoms with E-state index in [2.05, 4.69) is 191 Å². The number of aromatic nitrogens is 1. The molecule has 0 radical (unpaired) electrons. The van der Waals surface area contributed by atoms with Crippen molar-refractivity contribution in [2.75, 3.05) is 4.90 Å². The second-order valence-electron chi connectivity index (χ2n) is 12.5. The standard InChI is InChI=1S/C48H32N2/c1-2-34-25-29-38(30-26-34)49(40-17-12-18-41(33-40)50-46-23-8-6-19-44(46)45-20-7-9-24-47(45)50)39-31-27-36(28-32-39)43-22-11-16-37-15-10-21-42(48(37)43)35-13-4-3-5-14-35/h1,3-33H. The summed E-state index contributed by atoms with van der Waals surface area (Å²) in [6.45, 7) is 0. The van der Waals surface area contributed by atoms with Crippen molar-refractivity contribution < 1.29 is 0 Å². The third-order valence-electron chi connectivity index (χ3n) is 9.64. The van der Waals surface area contributed by atoms with Crippen LogP contribution < -0.4 is 4.90 Å². The highest BCUT2D eigenvalue weighted by Crippen LogP contribution is 2.40. The van der Waals surface area contributed by atoms with Crippen molar-refractivity contribution in [1.82, 2.24) is 4.57 Å². The maximum Gasteiger partial charge on any atom is 0.0541 e. The van der Waals surface area contributed by atoms with Crippen molar-refractivity contribution in [2.45, 2.75) is 0 Å². The molecule has 0 spiro atoms. The van der Waals surface area contributed by atoms with Crippen LogP contribution in [0.3, 0.4) is 0 Å². The van der Waals surface area contributed by atoms with Gasteiger partial charge in [0.05, 0.1) is 11.0 Å². The molecule has 1 aromatic heterocycles. The molecule has 0 saturated heterocycles. The number of nitrogens with zero attached hydrogens (tertiary/aromatic N) is 2. The summed E-state index contributed by atoms with van der Waals surface area (Å²) in [5, 5.41) is 4.98. The molecule has 1 heterocycles. The van der Waals surface area contributed by atoms with E-state index in [4.69, 9.17) is 6.42 Å². The highest BCUT2D eigenvalue weighted by Gasteiger charge is 2.17. The van der Waals surface area contributed by atoms with Gasteiger partial charge >= 0.3 is 0 Å². The van der Waals surface area contributed by atoms with E-state index >= 15 is 0 Å². The van der Waals surface area contributed by atoms with E-state index in [0.29, 0.717) is 0 Å². The summed E-state index contributed by atoms with van der Waals surface area (Å²) >= 11 is 0. The summed E-state index contributed by atoms with van der Waals surface area (Å²) in [5.41, 5.74) is 12.3. The number of para-hydroxylation sites is 2. The first kappa shape index (κ1) is 29.3. The molecular formula is C48H32N2. The predicted octanol–water partition coefficient (Wildman–Crippen LogP) is 12.7. The Labute approximate surface area is 292 Å². The van der Waals surface area contributed by atoms with Gasteiger partial charge in [0.15, 0.2) is 0 Å². The molecule has 0 unspecified atom stereocenters. The highest BCUT2D eigenvalue weighted by atomic mass is 15.1.